The van der Waals surface area contributed by atoms with Gasteiger partial charge in [-0.05, 0) is 60.2 Å². The average Bonchev–Trinajstić information content (AvgIpc) is 2.89. The van der Waals surface area contributed by atoms with Crippen LogP contribution in [0.3, 0.4) is 0 Å². The maximum absolute atomic E-state index is 12.6. The van der Waals surface area contributed by atoms with E-state index in [4.69, 9.17) is 0 Å². The number of hydrogen-bond donors (Lipinski definition) is 1. The Bertz CT molecular complexity index is 469. The van der Waals surface area contributed by atoms with Crippen molar-refractivity contribution in [2.24, 2.45) is 11.3 Å². The van der Waals surface area contributed by atoms with E-state index in [1.54, 1.807) is 11.3 Å². The number of amides is 1. The molecule has 1 spiro atoms. The number of carbonyl (C=O) groups is 1. The van der Waals surface area contributed by atoms with Crippen molar-refractivity contribution >= 4 is 29.7 Å². The minimum Gasteiger partial charge on any atom is -0.335 e. The monoisotopic (exact) mass is 328 g/mol. The lowest BCUT2D eigenvalue weighted by atomic mass is 9.93. The van der Waals surface area contributed by atoms with Crippen molar-refractivity contribution in [3.05, 3.63) is 22.4 Å². The van der Waals surface area contributed by atoms with Crippen LogP contribution in [0.2, 0.25) is 0 Å². The van der Waals surface area contributed by atoms with E-state index >= 15 is 0 Å². The summed E-state index contributed by atoms with van der Waals surface area (Å²) < 4.78 is 0. The van der Waals surface area contributed by atoms with Gasteiger partial charge in [0.1, 0.15) is 0 Å². The summed E-state index contributed by atoms with van der Waals surface area (Å²) >= 11 is 1.71. The van der Waals surface area contributed by atoms with Crippen molar-refractivity contribution in [3.63, 3.8) is 0 Å². The maximum Gasteiger partial charge on any atom is 0.225 e. The van der Waals surface area contributed by atoms with Gasteiger partial charge in [-0.3, -0.25) is 4.79 Å². The lowest BCUT2D eigenvalue weighted by molar-refractivity contribution is -0.136. The molecule has 21 heavy (non-hydrogen) atoms. The summed E-state index contributed by atoms with van der Waals surface area (Å²) in [5, 5.41) is 7.70. The molecule has 118 valence electrons. The number of halogens is 1. The van der Waals surface area contributed by atoms with Crippen molar-refractivity contribution in [3.8, 4) is 0 Å². The van der Waals surface area contributed by atoms with Gasteiger partial charge in [0.15, 0.2) is 0 Å². The number of carbonyl (C=O) groups excluding carboxylic acids is 1. The Labute approximate surface area is 137 Å². The van der Waals surface area contributed by atoms with Crippen LogP contribution >= 0.6 is 23.7 Å². The number of nitrogens with one attached hydrogen (secondary N) is 1. The normalized spacial score (nSPS) is 22.9. The van der Waals surface area contributed by atoms with Crippen molar-refractivity contribution in [2.75, 3.05) is 13.1 Å². The molecule has 2 fully saturated rings. The summed E-state index contributed by atoms with van der Waals surface area (Å²) in [5.41, 5.74) is 1.70. The molecule has 0 bridgehead atoms. The largest absolute Gasteiger partial charge is 0.335 e. The van der Waals surface area contributed by atoms with E-state index in [0.717, 1.165) is 19.6 Å². The first-order valence-electron chi connectivity index (χ1n) is 7.65. The molecule has 2 heterocycles. The van der Waals surface area contributed by atoms with E-state index in [0.29, 0.717) is 17.4 Å². The van der Waals surface area contributed by atoms with Crippen molar-refractivity contribution in [1.82, 2.24) is 10.2 Å². The second kappa shape index (κ2) is 6.67. The van der Waals surface area contributed by atoms with Crippen LogP contribution in [-0.4, -0.2) is 29.9 Å². The number of nitrogens with zero attached hydrogens (tertiary/aromatic N) is 1. The topological polar surface area (TPSA) is 32.3 Å². The Morgan fingerprint density at radius 1 is 1.48 bits per heavy atom. The zero-order valence-corrected chi connectivity index (χ0v) is 14.4. The molecule has 3 rings (SSSR count). The van der Waals surface area contributed by atoms with Crippen LogP contribution in [-0.2, 0) is 11.3 Å². The molecule has 1 atom stereocenters. The SMILES string of the molecule is CC(C)C(=O)N(Cc1ccsc1)C1CC12CCNCC2.Cl. The first-order chi connectivity index (χ1) is 9.62. The first kappa shape index (κ1) is 16.8. The summed E-state index contributed by atoms with van der Waals surface area (Å²) in [6.45, 7) is 7.04. The van der Waals surface area contributed by atoms with Gasteiger partial charge in [-0.25, -0.2) is 0 Å². The molecule has 3 nitrogen and oxygen atoms in total. The van der Waals surface area contributed by atoms with E-state index in [1.165, 1.54) is 24.8 Å². The Kier molecular flexibility index (Phi) is 5.33. The molecule has 0 aromatic carbocycles. The number of rotatable bonds is 4. The second-order valence-electron chi connectivity index (χ2n) is 6.58. The van der Waals surface area contributed by atoms with Gasteiger partial charge >= 0.3 is 0 Å². The predicted octanol–water partition coefficient (Wildman–Crippen LogP) is 3.30. The van der Waals surface area contributed by atoms with Gasteiger partial charge < -0.3 is 10.2 Å². The molecule has 1 amide bonds. The molecule has 1 aliphatic carbocycles. The number of thiophene rings is 1. The molecule has 1 saturated carbocycles. The van der Waals surface area contributed by atoms with E-state index in [1.807, 2.05) is 13.8 Å². The molecular weight excluding hydrogens is 304 g/mol. The summed E-state index contributed by atoms with van der Waals surface area (Å²) in [6, 6.07) is 2.61. The number of piperidine rings is 1. The smallest absolute Gasteiger partial charge is 0.225 e. The minimum atomic E-state index is 0. The highest BCUT2D eigenvalue weighted by Gasteiger charge is 2.57. The fourth-order valence-electron chi connectivity index (χ4n) is 3.48. The van der Waals surface area contributed by atoms with Gasteiger partial charge in [-0.1, -0.05) is 13.8 Å². The zero-order chi connectivity index (χ0) is 14.2. The Morgan fingerprint density at radius 3 is 2.76 bits per heavy atom. The predicted molar refractivity (Wildman–Crippen MR) is 89.9 cm³/mol. The lowest BCUT2D eigenvalue weighted by Crippen LogP contribution is -2.40. The second-order valence-corrected chi connectivity index (χ2v) is 7.36. The van der Waals surface area contributed by atoms with Crippen LogP contribution in [0.4, 0.5) is 0 Å². The third kappa shape index (κ3) is 3.43. The van der Waals surface area contributed by atoms with Crippen LogP contribution in [0.5, 0.6) is 0 Å². The Balaban J connectivity index is 0.00000161. The average molecular weight is 329 g/mol. The fourth-order valence-corrected chi connectivity index (χ4v) is 4.14. The highest BCUT2D eigenvalue weighted by atomic mass is 35.5. The highest BCUT2D eigenvalue weighted by Crippen LogP contribution is 2.56. The van der Waals surface area contributed by atoms with Gasteiger partial charge in [0, 0.05) is 18.5 Å². The van der Waals surface area contributed by atoms with Gasteiger partial charge in [0.25, 0.3) is 0 Å². The van der Waals surface area contributed by atoms with Crippen LogP contribution < -0.4 is 5.32 Å². The standard InChI is InChI=1S/C16H24N2OS.ClH/c1-12(2)15(19)18(10-13-3-8-20-11-13)14-9-16(14)4-6-17-7-5-16;/h3,8,11-12,14,17H,4-7,9-10H2,1-2H3;1H. The Hall–Kier alpha value is -0.580. The van der Waals surface area contributed by atoms with Gasteiger partial charge in [-0.2, -0.15) is 11.3 Å². The van der Waals surface area contributed by atoms with E-state index in [-0.39, 0.29) is 18.3 Å². The van der Waals surface area contributed by atoms with Crippen LogP contribution in [0.15, 0.2) is 16.8 Å². The van der Waals surface area contributed by atoms with Gasteiger partial charge in [-0.15, -0.1) is 12.4 Å². The van der Waals surface area contributed by atoms with E-state index < -0.39 is 0 Å². The quantitative estimate of drug-likeness (QED) is 0.919. The molecule has 1 saturated heterocycles. The van der Waals surface area contributed by atoms with Gasteiger partial charge in [0.05, 0.1) is 0 Å². The van der Waals surface area contributed by atoms with E-state index in [9.17, 15) is 4.79 Å². The molecule has 1 N–H and O–H groups in total. The summed E-state index contributed by atoms with van der Waals surface area (Å²) in [5.74, 6) is 0.407. The third-order valence-electron chi connectivity index (χ3n) is 4.83. The summed E-state index contributed by atoms with van der Waals surface area (Å²) in [4.78, 5) is 14.8. The van der Waals surface area contributed by atoms with E-state index in [2.05, 4.69) is 27.0 Å². The molecule has 1 unspecified atom stereocenters. The molecule has 1 aromatic rings. The van der Waals surface area contributed by atoms with Crippen molar-refractivity contribution in [2.45, 2.75) is 45.7 Å². The van der Waals surface area contributed by atoms with Crippen LogP contribution in [0.25, 0.3) is 0 Å². The summed E-state index contributed by atoms with van der Waals surface area (Å²) in [7, 11) is 0. The maximum atomic E-state index is 12.6. The highest BCUT2D eigenvalue weighted by molar-refractivity contribution is 7.07. The lowest BCUT2D eigenvalue weighted by Gasteiger charge is -2.30. The molecule has 1 aromatic heterocycles. The third-order valence-corrected chi connectivity index (χ3v) is 5.56. The molecule has 1 aliphatic heterocycles. The van der Waals surface area contributed by atoms with Crippen LogP contribution in [0, 0.1) is 11.3 Å². The fraction of sp³-hybridized carbons (Fsp3) is 0.688. The Morgan fingerprint density at radius 2 is 2.19 bits per heavy atom. The molecule has 2 aliphatic rings. The molecule has 0 radical (unpaired) electrons. The first-order valence-corrected chi connectivity index (χ1v) is 8.59. The van der Waals surface area contributed by atoms with Gasteiger partial charge in [0.2, 0.25) is 5.91 Å². The number of hydrogen-bond acceptors (Lipinski definition) is 3. The van der Waals surface area contributed by atoms with Crippen molar-refractivity contribution in [1.29, 1.82) is 0 Å². The molecule has 5 heteroatoms. The minimum absolute atomic E-state index is 0. The zero-order valence-electron chi connectivity index (χ0n) is 12.8. The summed E-state index contributed by atoms with van der Waals surface area (Å²) in [6.07, 6.45) is 3.66. The molecular formula is C16H25ClN2OS. The van der Waals surface area contributed by atoms with Crippen molar-refractivity contribution < 1.29 is 4.79 Å². The van der Waals surface area contributed by atoms with Crippen LogP contribution in [0.1, 0.15) is 38.7 Å².